The molecular formula is C17H19BrN2O. The Balaban J connectivity index is 2.09. The number of carbonyl (C=O) groups is 1. The van der Waals surface area contributed by atoms with Crippen LogP contribution < -0.4 is 5.32 Å². The minimum Gasteiger partial charge on any atom is -0.344 e. The molecule has 1 amide bonds. The smallest absolute Gasteiger partial charge is 0.271 e. The molecule has 2 aromatic rings. The normalized spacial score (nSPS) is 12.2. The number of benzene rings is 1. The van der Waals surface area contributed by atoms with Crippen molar-refractivity contribution in [2.75, 3.05) is 0 Å². The fourth-order valence-corrected chi connectivity index (χ4v) is 2.51. The lowest BCUT2D eigenvalue weighted by Gasteiger charge is -2.15. The molecule has 0 bridgehead atoms. The van der Waals surface area contributed by atoms with Crippen molar-refractivity contribution < 1.29 is 4.79 Å². The van der Waals surface area contributed by atoms with E-state index in [1.54, 1.807) is 12.3 Å². The summed E-state index contributed by atoms with van der Waals surface area (Å²) in [6, 6.07) is 11.9. The van der Waals surface area contributed by atoms with Crippen molar-refractivity contribution in [1.82, 2.24) is 10.3 Å². The number of halogens is 1. The number of pyridine rings is 1. The van der Waals surface area contributed by atoms with E-state index in [0.29, 0.717) is 16.1 Å². The highest BCUT2D eigenvalue weighted by Gasteiger charge is 2.15. The molecule has 0 aliphatic carbocycles. The third kappa shape index (κ3) is 3.91. The van der Waals surface area contributed by atoms with Crippen molar-refractivity contribution in [1.29, 1.82) is 0 Å². The van der Waals surface area contributed by atoms with Gasteiger partial charge in [0.1, 0.15) is 5.69 Å². The van der Waals surface area contributed by atoms with Crippen LogP contribution in [0.25, 0.3) is 0 Å². The van der Waals surface area contributed by atoms with Gasteiger partial charge in [-0.2, -0.15) is 0 Å². The molecule has 1 aromatic heterocycles. The fraction of sp³-hybridized carbons (Fsp3) is 0.294. The van der Waals surface area contributed by atoms with Gasteiger partial charge in [-0.25, -0.2) is 4.98 Å². The fourth-order valence-electron chi connectivity index (χ4n) is 2.07. The van der Waals surface area contributed by atoms with E-state index in [9.17, 15) is 4.79 Å². The molecule has 21 heavy (non-hydrogen) atoms. The van der Waals surface area contributed by atoms with E-state index in [0.717, 1.165) is 5.56 Å². The molecule has 0 radical (unpaired) electrons. The molecule has 2 rings (SSSR count). The van der Waals surface area contributed by atoms with Gasteiger partial charge in [0.05, 0.1) is 6.04 Å². The van der Waals surface area contributed by atoms with Crippen molar-refractivity contribution in [3.63, 3.8) is 0 Å². The maximum atomic E-state index is 12.2. The zero-order chi connectivity index (χ0) is 15.4. The van der Waals surface area contributed by atoms with E-state index in [-0.39, 0.29) is 11.9 Å². The second-order valence-corrected chi connectivity index (χ2v) is 6.20. The van der Waals surface area contributed by atoms with Crippen LogP contribution in [0.15, 0.2) is 47.1 Å². The van der Waals surface area contributed by atoms with Crippen LogP contribution in [-0.2, 0) is 0 Å². The van der Waals surface area contributed by atoms with E-state index >= 15 is 0 Å². The molecule has 1 N–H and O–H groups in total. The van der Waals surface area contributed by atoms with Gasteiger partial charge in [0.15, 0.2) is 0 Å². The van der Waals surface area contributed by atoms with E-state index in [2.05, 4.69) is 64.3 Å². The summed E-state index contributed by atoms with van der Waals surface area (Å²) in [5, 5.41) is 2.97. The molecule has 0 saturated carbocycles. The third-order valence-electron chi connectivity index (χ3n) is 3.42. The summed E-state index contributed by atoms with van der Waals surface area (Å²) in [4.78, 5) is 16.3. The van der Waals surface area contributed by atoms with Gasteiger partial charge in [-0.15, -0.1) is 0 Å². The Kier molecular flexibility index (Phi) is 5.12. The molecule has 3 nitrogen and oxygen atoms in total. The highest BCUT2D eigenvalue weighted by molar-refractivity contribution is 9.10. The summed E-state index contributed by atoms with van der Waals surface area (Å²) in [5.74, 6) is 0.330. The minimum atomic E-state index is -0.178. The maximum absolute atomic E-state index is 12.2. The average Bonchev–Trinajstić information content (AvgIpc) is 2.47. The first kappa shape index (κ1) is 15.7. The largest absolute Gasteiger partial charge is 0.344 e. The first-order valence-corrected chi connectivity index (χ1v) is 7.79. The van der Waals surface area contributed by atoms with Crippen LogP contribution in [0.2, 0.25) is 0 Å². The van der Waals surface area contributed by atoms with Gasteiger partial charge in [-0.05, 0) is 52.0 Å². The lowest BCUT2D eigenvalue weighted by Crippen LogP contribution is -2.27. The molecule has 0 aliphatic heterocycles. The molecule has 0 saturated heterocycles. The molecule has 1 unspecified atom stereocenters. The Bertz CT molecular complexity index is 623. The molecule has 1 heterocycles. The zero-order valence-corrected chi connectivity index (χ0v) is 14.0. The number of nitrogens with zero attached hydrogens (tertiary/aromatic N) is 1. The number of hydrogen-bond donors (Lipinski definition) is 1. The Hall–Kier alpha value is -1.68. The molecule has 0 spiro atoms. The number of rotatable bonds is 4. The van der Waals surface area contributed by atoms with E-state index in [4.69, 9.17) is 0 Å². The van der Waals surface area contributed by atoms with Crippen LogP contribution >= 0.6 is 15.9 Å². The average molecular weight is 347 g/mol. The summed E-state index contributed by atoms with van der Waals surface area (Å²) in [5.41, 5.74) is 2.78. The topological polar surface area (TPSA) is 42.0 Å². The van der Waals surface area contributed by atoms with Gasteiger partial charge in [0, 0.05) is 10.7 Å². The van der Waals surface area contributed by atoms with Crippen LogP contribution in [-0.4, -0.2) is 10.9 Å². The Morgan fingerprint density at radius 3 is 2.29 bits per heavy atom. The molecular weight excluding hydrogens is 328 g/mol. The first-order chi connectivity index (χ1) is 9.99. The van der Waals surface area contributed by atoms with Gasteiger partial charge in [0.25, 0.3) is 5.91 Å². The van der Waals surface area contributed by atoms with E-state index < -0.39 is 0 Å². The molecule has 1 atom stereocenters. The highest BCUT2D eigenvalue weighted by atomic mass is 79.9. The third-order valence-corrected chi connectivity index (χ3v) is 4.06. The van der Waals surface area contributed by atoms with Crippen molar-refractivity contribution in [3.8, 4) is 0 Å². The van der Waals surface area contributed by atoms with Crippen molar-refractivity contribution in [3.05, 3.63) is 63.9 Å². The van der Waals surface area contributed by atoms with E-state index in [1.165, 1.54) is 5.56 Å². The SMILES string of the molecule is CC(C)c1ccc(C(C)NC(=O)c2ncccc2Br)cc1. The summed E-state index contributed by atoms with van der Waals surface area (Å²) in [6.45, 7) is 6.30. The van der Waals surface area contributed by atoms with Crippen LogP contribution in [0.3, 0.4) is 0 Å². The van der Waals surface area contributed by atoms with Gasteiger partial charge in [-0.3, -0.25) is 4.79 Å². The quantitative estimate of drug-likeness (QED) is 0.887. The standard InChI is InChI=1S/C17H19BrN2O/c1-11(2)13-6-8-14(9-7-13)12(3)20-17(21)16-15(18)5-4-10-19-16/h4-12H,1-3H3,(H,20,21). The summed E-state index contributed by atoms with van der Waals surface area (Å²) in [7, 11) is 0. The van der Waals surface area contributed by atoms with Gasteiger partial charge >= 0.3 is 0 Å². The van der Waals surface area contributed by atoms with Crippen molar-refractivity contribution in [2.45, 2.75) is 32.7 Å². The summed E-state index contributed by atoms with van der Waals surface area (Å²) < 4.78 is 0.699. The number of amides is 1. The lowest BCUT2D eigenvalue weighted by molar-refractivity contribution is 0.0934. The highest BCUT2D eigenvalue weighted by Crippen LogP contribution is 2.19. The summed E-state index contributed by atoms with van der Waals surface area (Å²) in [6.07, 6.45) is 1.61. The number of hydrogen-bond acceptors (Lipinski definition) is 2. The van der Waals surface area contributed by atoms with Gasteiger partial charge < -0.3 is 5.32 Å². The van der Waals surface area contributed by atoms with Gasteiger partial charge in [-0.1, -0.05) is 38.1 Å². The monoisotopic (exact) mass is 346 g/mol. The lowest BCUT2D eigenvalue weighted by atomic mass is 9.99. The number of nitrogens with one attached hydrogen (secondary N) is 1. The Labute approximate surface area is 133 Å². The predicted molar refractivity (Wildman–Crippen MR) is 88.3 cm³/mol. The molecule has 1 aromatic carbocycles. The Morgan fingerprint density at radius 1 is 1.10 bits per heavy atom. The molecule has 110 valence electrons. The summed E-state index contributed by atoms with van der Waals surface area (Å²) >= 11 is 3.35. The second-order valence-electron chi connectivity index (χ2n) is 5.35. The molecule has 4 heteroatoms. The molecule has 0 fully saturated rings. The Morgan fingerprint density at radius 2 is 1.71 bits per heavy atom. The predicted octanol–water partition coefficient (Wildman–Crippen LogP) is 4.46. The van der Waals surface area contributed by atoms with Gasteiger partial charge in [0.2, 0.25) is 0 Å². The second kappa shape index (κ2) is 6.85. The number of aromatic nitrogens is 1. The minimum absolute atomic E-state index is 0.0624. The van der Waals surface area contributed by atoms with Crippen LogP contribution in [0.4, 0.5) is 0 Å². The first-order valence-electron chi connectivity index (χ1n) is 7.00. The van der Waals surface area contributed by atoms with Crippen LogP contribution in [0, 0.1) is 0 Å². The number of carbonyl (C=O) groups excluding carboxylic acids is 1. The van der Waals surface area contributed by atoms with Crippen molar-refractivity contribution in [2.24, 2.45) is 0 Å². The van der Waals surface area contributed by atoms with Crippen LogP contribution in [0.1, 0.15) is 54.3 Å². The van der Waals surface area contributed by atoms with Crippen LogP contribution in [0.5, 0.6) is 0 Å². The molecule has 0 aliphatic rings. The zero-order valence-electron chi connectivity index (χ0n) is 12.4. The van der Waals surface area contributed by atoms with E-state index in [1.807, 2.05) is 13.0 Å². The van der Waals surface area contributed by atoms with Crippen molar-refractivity contribution >= 4 is 21.8 Å². The maximum Gasteiger partial charge on any atom is 0.271 e.